The van der Waals surface area contributed by atoms with E-state index in [1.807, 2.05) is 25.1 Å². The van der Waals surface area contributed by atoms with Gasteiger partial charge in [-0.15, -0.1) is 0 Å². The van der Waals surface area contributed by atoms with Crippen molar-refractivity contribution in [2.45, 2.75) is 20.8 Å². The normalized spacial score (nSPS) is 10.9. The van der Waals surface area contributed by atoms with Crippen molar-refractivity contribution in [3.63, 3.8) is 0 Å². The number of nitrogens with zero attached hydrogens (tertiary/aromatic N) is 1. The van der Waals surface area contributed by atoms with E-state index in [1.54, 1.807) is 0 Å². The molecule has 3 aromatic rings. The summed E-state index contributed by atoms with van der Waals surface area (Å²) in [4.78, 5) is 4.56. The van der Waals surface area contributed by atoms with Crippen LogP contribution in [0, 0.1) is 20.8 Å². The van der Waals surface area contributed by atoms with Gasteiger partial charge in [-0.1, -0.05) is 23.7 Å². The molecule has 0 radical (unpaired) electrons. The van der Waals surface area contributed by atoms with Crippen LogP contribution in [0.25, 0.3) is 10.9 Å². The molecule has 3 heteroatoms. The molecule has 0 bridgehead atoms. The van der Waals surface area contributed by atoms with Crippen LogP contribution < -0.4 is 5.32 Å². The van der Waals surface area contributed by atoms with E-state index < -0.39 is 0 Å². The first-order valence-corrected chi connectivity index (χ1v) is 7.32. The van der Waals surface area contributed by atoms with Crippen LogP contribution >= 0.6 is 11.6 Å². The molecule has 0 atom stereocenters. The van der Waals surface area contributed by atoms with Gasteiger partial charge in [0.05, 0.1) is 5.52 Å². The fraction of sp³-hybridized carbons (Fsp3) is 0.167. The molecular formula is C18H17ClN2. The topological polar surface area (TPSA) is 24.9 Å². The van der Waals surface area contributed by atoms with Crippen molar-refractivity contribution >= 4 is 33.9 Å². The minimum absolute atomic E-state index is 0.720. The first-order valence-electron chi connectivity index (χ1n) is 6.95. The van der Waals surface area contributed by atoms with Crippen LogP contribution in [0.1, 0.15) is 16.8 Å². The van der Waals surface area contributed by atoms with Crippen LogP contribution in [0.4, 0.5) is 11.4 Å². The number of aromatic nitrogens is 1. The minimum atomic E-state index is 0.720. The van der Waals surface area contributed by atoms with E-state index in [0.717, 1.165) is 33.0 Å². The number of benzene rings is 2. The van der Waals surface area contributed by atoms with E-state index in [4.69, 9.17) is 11.6 Å². The summed E-state index contributed by atoms with van der Waals surface area (Å²) in [6.45, 7) is 6.25. The fourth-order valence-corrected chi connectivity index (χ4v) is 2.64. The molecule has 1 N–H and O–H groups in total. The van der Waals surface area contributed by atoms with Gasteiger partial charge >= 0.3 is 0 Å². The Morgan fingerprint density at radius 1 is 0.952 bits per heavy atom. The molecule has 2 nitrogen and oxygen atoms in total. The highest BCUT2D eigenvalue weighted by Crippen LogP contribution is 2.30. The number of hydrogen-bond acceptors (Lipinski definition) is 2. The third-order valence-corrected chi connectivity index (χ3v) is 4.01. The highest BCUT2D eigenvalue weighted by molar-refractivity contribution is 6.31. The summed E-state index contributed by atoms with van der Waals surface area (Å²) in [6.07, 6.45) is 0. The number of pyridine rings is 1. The molecule has 2 aromatic carbocycles. The highest BCUT2D eigenvalue weighted by Gasteiger charge is 2.07. The number of fused-ring (bicyclic) bond motifs is 1. The molecule has 0 saturated carbocycles. The van der Waals surface area contributed by atoms with Crippen LogP contribution in [-0.4, -0.2) is 4.98 Å². The third-order valence-electron chi connectivity index (χ3n) is 3.77. The lowest BCUT2D eigenvalue weighted by molar-refractivity contribution is 1.25. The van der Waals surface area contributed by atoms with Crippen LogP contribution in [0.2, 0.25) is 5.02 Å². The number of aryl methyl sites for hydroxylation is 2. The molecule has 106 valence electrons. The summed E-state index contributed by atoms with van der Waals surface area (Å²) >= 11 is 6.13. The van der Waals surface area contributed by atoms with E-state index in [1.165, 1.54) is 11.1 Å². The Balaban J connectivity index is 2.15. The van der Waals surface area contributed by atoms with Gasteiger partial charge in [-0.3, -0.25) is 4.98 Å². The third kappa shape index (κ3) is 2.72. The zero-order valence-corrected chi connectivity index (χ0v) is 13.1. The maximum atomic E-state index is 6.13. The second-order valence-corrected chi connectivity index (χ2v) is 5.78. The average Bonchev–Trinajstić information content (AvgIpc) is 2.44. The fourth-order valence-electron chi connectivity index (χ4n) is 2.47. The molecule has 0 unspecified atom stereocenters. The number of halogens is 1. The van der Waals surface area contributed by atoms with Crippen molar-refractivity contribution in [2.75, 3.05) is 5.32 Å². The second-order valence-electron chi connectivity index (χ2n) is 5.35. The molecule has 0 fully saturated rings. The minimum Gasteiger partial charge on any atom is -0.355 e. The van der Waals surface area contributed by atoms with Gasteiger partial charge in [-0.2, -0.15) is 0 Å². The van der Waals surface area contributed by atoms with Crippen LogP contribution in [0.5, 0.6) is 0 Å². The van der Waals surface area contributed by atoms with Gasteiger partial charge in [0.2, 0.25) is 0 Å². The van der Waals surface area contributed by atoms with Gasteiger partial charge in [0.25, 0.3) is 0 Å². The zero-order valence-electron chi connectivity index (χ0n) is 12.4. The molecular weight excluding hydrogens is 280 g/mol. The molecule has 0 saturated heterocycles. The van der Waals surface area contributed by atoms with E-state index in [-0.39, 0.29) is 0 Å². The predicted octanol–water partition coefficient (Wildman–Crippen LogP) is 5.56. The van der Waals surface area contributed by atoms with E-state index in [2.05, 4.69) is 48.4 Å². The van der Waals surface area contributed by atoms with Gasteiger partial charge in [0.1, 0.15) is 0 Å². The van der Waals surface area contributed by atoms with E-state index in [9.17, 15) is 0 Å². The quantitative estimate of drug-likeness (QED) is 0.670. The Bertz CT molecular complexity index is 825. The summed E-state index contributed by atoms with van der Waals surface area (Å²) in [5.74, 6) is 0. The van der Waals surface area contributed by atoms with Gasteiger partial charge in [0.15, 0.2) is 0 Å². The number of anilines is 2. The molecule has 3 rings (SSSR count). The lowest BCUT2D eigenvalue weighted by Gasteiger charge is -2.14. The summed E-state index contributed by atoms with van der Waals surface area (Å²) in [7, 11) is 0. The Kier molecular flexibility index (Phi) is 3.56. The van der Waals surface area contributed by atoms with Crippen molar-refractivity contribution in [3.8, 4) is 0 Å². The van der Waals surface area contributed by atoms with Crippen LogP contribution in [0.3, 0.4) is 0 Å². The van der Waals surface area contributed by atoms with E-state index >= 15 is 0 Å². The number of nitrogens with one attached hydrogen (secondary N) is 1. The SMILES string of the molecule is Cc1cc(Nc2cccc(C)c2C)c2cc(Cl)ccc2n1. The maximum Gasteiger partial charge on any atom is 0.0727 e. The van der Waals surface area contributed by atoms with Gasteiger partial charge < -0.3 is 5.32 Å². The maximum absolute atomic E-state index is 6.13. The summed E-state index contributed by atoms with van der Waals surface area (Å²) in [5, 5.41) is 5.28. The number of rotatable bonds is 2. The Hall–Kier alpha value is -2.06. The van der Waals surface area contributed by atoms with Crippen molar-refractivity contribution in [2.24, 2.45) is 0 Å². The summed E-state index contributed by atoms with van der Waals surface area (Å²) in [5.41, 5.74) is 6.61. The first-order chi connectivity index (χ1) is 10.0. The highest BCUT2D eigenvalue weighted by atomic mass is 35.5. The molecule has 0 aliphatic carbocycles. The molecule has 0 aliphatic heterocycles. The molecule has 21 heavy (non-hydrogen) atoms. The molecule has 1 aromatic heterocycles. The standard InChI is InChI=1S/C18H17ClN2/c1-11-5-4-6-16(13(11)3)21-18-9-12(2)20-17-8-7-14(19)10-15(17)18/h4-10H,1-3H3,(H,20,21). The molecule has 0 aliphatic rings. The molecule has 0 spiro atoms. The second kappa shape index (κ2) is 5.38. The molecule has 1 heterocycles. The molecule has 0 amide bonds. The van der Waals surface area contributed by atoms with Gasteiger partial charge in [-0.05, 0) is 62.2 Å². The smallest absolute Gasteiger partial charge is 0.0727 e. The van der Waals surface area contributed by atoms with Crippen molar-refractivity contribution < 1.29 is 0 Å². The van der Waals surface area contributed by atoms with Crippen molar-refractivity contribution in [3.05, 3.63) is 64.3 Å². The van der Waals surface area contributed by atoms with Crippen LogP contribution in [0.15, 0.2) is 42.5 Å². The van der Waals surface area contributed by atoms with Crippen molar-refractivity contribution in [1.29, 1.82) is 0 Å². The van der Waals surface area contributed by atoms with E-state index in [0.29, 0.717) is 0 Å². The van der Waals surface area contributed by atoms with Gasteiger partial charge in [-0.25, -0.2) is 0 Å². The Morgan fingerprint density at radius 3 is 2.57 bits per heavy atom. The Labute approximate surface area is 129 Å². The average molecular weight is 297 g/mol. The number of hydrogen-bond donors (Lipinski definition) is 1. The van der Waals surface area contributed by atoms with Gasteiger partial charge in [0, 0.05) is 27.5 Å². The first kappa shape index (κ1) is 13.9. The van der Waals surface area contributed by atoms with Crippen molar-refractivity contribution in [1.82, 2.24) is 4.98 Å². The lowest BCUT2D eigenvalue weighted by Crippen LogP contribution is -1.97. The largest absolute Gasteiger partial charge is 0.355 e. The lowest BCUT2D eigenvalue weighted by atomic mass is 10.1. The Morgan fingerprint density at radius 2 is 1.76 bits per heavy atom. The summed E-state index contributed by atoms with van der Waals surface area (Å²) < 4.78 is 0. The monoisotopic (exact) mass is 296 g/mol. The van der Waals surface area contributed by atoms with Crippen LogP contribution in [-0.2, 0) is 0 Å². The predicted molar refractivity (Wildman–Crippen MR) is 90.7 cm³/mol. The zero-order chi connectivity index (χ0) is 15.0. The summed E-state index contributed by atoms with van der Waals surface area (Å²) in [6, 6.07) is 14.1.